The van der Waals surface area contributed by atoms with Crippen LogP contribution in [-0.4, -0.2) is 18.2 Å². The molecule has 3 aromatic rings. The number of hydrogen-bond acceptors (Lipinski definition) is 7. The number of hydrogen-bond donors (Lipinski definition) is 1. The van der Waals surface area contributed by atoms with E-state index in [-0.39, 0.29) is 12.2 Å². The van der Waals surface area contributed by atoms with Gasteiger partial charge in [-0.25, -0.2) is 0 Å². The smallest absolute Gasteiger partial charge is 0.306 e. The van der Waals surface area contributed by atoms with Crippen LogP contribution in [0.3, 0.4) is 0 Å². The SMILES string of the molecule is COC(=O)C[C@H](c1ccc(C)o1)c1oc(CSc2ccccc2)cc(=O)c1O. The third kappa shape index (κ3) is 4.67. The molecule has 0 amide bonds. The predicted molar refractivity (Wildman–Crippen MR) is 105 cm³/mol. The molecule has 1 atom stereocenters. The molecule has 0 aliphatic carbocycles. The molecule has 1 aromatic carbocycles. The number of benzene rings is 1. The van der Waals surface area contributed by atoms with E-state index in [1.165, 1.54) is 24.9 Å². The van der Waals surface area contributed by atoms with Crippen molar-refractivity contribution in [3.8, 4) is 5.75 Å². The lowest BCUT2D eigenvalue weighted by Crippen LogP contribution is -2.13. The van der Waals surface area contributed by atoms with Crippen LogP contribution in [0, 0.1) is 6.92 Å². The van der Waals surface area contributed by atoms with Crippen molar-refractivity contribution in [3.05, 3.63) is 81.8 Å². The fourth-order valence-corrected chi connectivity index (χ4v) is 3.55. The molecular formula is C21H20O6S. The van der Waals surface area contributed by atoms with Gasteiger partial charge in [0.05, 0.1) is 25.2 Å². The van der Waals surface area contributed by atoms with E-state index < -0.39 is 23.1 Å². The van der Waals surface area contributed by atoms with Gasteiger partial charge >= 0.3 is 5.97 Å². The van der Waals surface area contributed by atoms with Gasteiger partial charge in [-0.05, 0) is 31.2 Å². The van der Waals surface area contributed by atoms with Gasteiger partial charge in [-0.1, -0.05) is 18.2 Å². The van der Waals surface area contributed by atoms with Crippen LogP contribution < -0.4 is 5.43 Å². The molecule has 0 spiro atoms. The Morgan fingerprint density at radius 1 is 1.18 bits per heavy atom. The van der Waals surface area contributed by atoms with E-state index in [9.17, 15) is 14.7 Å². The van der Waals surface area contributed by atoms with Crippen molar-refractivity contribution in [3.63, 3.8) is 0 Å². The van der Waals surface area contributed by atoms with Crippen LogP contribution in [0.15, 0.2) is 67.1 Å². The molecule has 2 aromatic heterocycles. The molecule has 0 saturated heterocycles. The summed E-state index contributed by atoms with van der Waals surface area (Å²) in [5, 5.41) is 10.3. The number of carbonyl (C=O) groups is 1. The Kier molecular flexibility index (Phi) is 6.26. The summed E-state index contributed by atoms with van der Waals surface area (Å²) in [4.78, 5) is 25.2. The van der Waals surface area contributed by atoms with E-state index in [1.54, 1.807) is 19.1 Å². The van der Waals surface area contributed by atoms with Crippen molar-refractivity contribution < 1.29 is 23.5 Å². The van der Waals surface area contributed by atoms with E-state index in [2.05, 4.69) is 0 Å². The van der Waals surface area contributed by atoms with Crippen LogP contribution in [0.2, 0.25) is 0 Å². The number of rotatable bonds is 7. The first-order chi connectivity index (χ1) is 13.5. The van der Waals surface area contributed by atoms with E-state index >= 15 is 0 Å². The highest BCUT2D eigenvalue weighted by molar-refractivity contribution is 7.98. The zero-order chi connectivity index (χ0) is 20.1. The summed E-state index contributed by atoms with van der Waals surface area (Å²) in [5.41, 5.74) is -0.567. The minimum absolute atomic E-state index is 0.00379. The molecule has 2 heterocycles. The van der Waals surface area contributed by atoms with Crippen molar-refractivity contribution in [2.45, 2.75) is 29.9 Å². The summed E-state index contributed by atoms with van der Waals surface area (Å²) >= 11 is 1.50. The van der Waals surface area contributed by atoms with Crippen molar-refractivity contribution in [2.75, 3.05) is 7.11 Å². The third-order valence-electron chi connectivity index (χ3n) is 4.14. The normalized spacial score (nSPS) is 11.9. The maximum atomic E-state index is 12.3. The molecule has 6 nitrogen and oxygen atoms in total. The van der Waals surface area contributed by atoms with Crippen molar-refractivity contribution in [1.29, 1.82) is 0 Å². The minimum atomic E-state index is -0.768. The fourth-order valence-electron chi connectivity index (χ4n) is 2.75. The molecular weight excluding hydrogens is 380 g/mol. The first-order valence-corrected chi connectivity index (χ1v) is 9.63. The number of esters is 1. The van der Waals surface area contributed by atoms with E-state index in [0.717, 1.165) is 4.90 Å². The lowest BCUT2D eigenvalue weighted by Gasteiger charge is -2.15. The van der Waals surface area contributed by atoms with Crippen molar-refractivity contribution >= 4 is 17.7 Å². The highest BCUT2D eigenvalue weighted by Crippen LogP contribution is 2.35. The Morgan fingerprint density at radius 3 is 2.57 bits per heavy atom. The number of ether oxygens (including phenoxy) is 1. The van der Waals surface area contributed by atoms with Crippen LogP contribution in [0.4, 0.5) is 0 Å². The number of aromatic hydroxyl groups is 1. The Labute approximate surface area is 166 Å². The first-order valence-electron chi connectivity index (χ1n) is 8.64. The highest BCUT2D eigenvalue weighted by atomic mass is 32.2. The molecule has 0 bridgehead atoms. The lowest BCUT2D eigenvalue weighted by atomic mass is 9.98. The molecule has 7 heteroatoms. The van der Waals surface area contributed by atoms with E-state index in [4.69, 9.17) is 13.6 Å². The van der Waals surface area contributed by atoms with Crippen LogP contribution in [-0.2, 0) is 15.3 Å². The van der Waals surface area contributed by atoms with Gasteiger partial charge in [0.25, 0.3) is 0 Å². The molecule has 0 radical (unpaired) electrons. The van der Waals surface area contributed by atoms with Gasteiger partial charge in [-0.15, -0.1) is 11.8 Å². The van der Waals surface area contributed by atoms with Crippen LogP contribution in [0.25, 0.3) is 0 Å². The maximum Gasteiger partial charge on any atom is 0.306 e. The largest absolute Gasteiger partial charge is 0.502 e. The molecule has 0 unspecified atom stereocenters. The second kappa shape index (κ2) is 8.84. The summed E-state index contributed by atoms with van der Waals surface area (Å²) in [6, 6.07) is 14.4. The average molecular weight is 400 g/mol. The second-order valence-electron chi connectivity index (χ2n) is 6.17. The molecule has 0 fully saturated rings. The van der Waals surface area contributed by atoms with Gasteiger partial charge in [0.2, 0.25) is 11.2 Å². The minimum Gasteiger partial charge on any atom is -0.502 e. The van der Waals surface area contributed by atoms with Gasteiger partial charge < -0.3 is 18.7 Å². The number of methoxy groups -OCH3 is 1. The predicted octanol–water partition coefficient (Wildman–Crippen LogP) is 4.23. The van der Waals surface area contributed by atoms with Crippen LogP contribution in [0.5, 0.6) is 5.75 Å². The topological polar surface area (TPSA) is 89.9 Å². The molecule has 1 N–H and O–H groups in total. The van der Waals surface area contributed by atoms with E-state index in [1.807, 2.05) is 30.3 Å². The number of aryl methyl sites for hydroxylation is 1. The van der Waals surface area contributed by atoms with Crippen molar-refractivity contribution in [2.24, 2.45) is 0 Å². The maximum absolute atomic E-state index is 12.3. The second-order valence-corrected chi connectivity index (χ2v) is 7.22. The molecule has 3 rings (SSSR count). The van der Waals surface area contributed by atoms with Gasteiger partial charge in [0.1, 0.15) is 17.3 Å². The molecule has 28 heavy (non-hydrogen) atoms. The Bertz CT molecular complexity index is 1010. The van der Waals surface area contributed by atoms with Gasteiger partial charge in [0.15, 0.2) is 5.76 Å². The number of furan rings is 1. The number of thioether (sulfide) groups is 1. The fraction of sp³-hybridized carbons (Fsp3) is 0.238. The summed E-state index contributed by atoms with van der Waals surface area (Å²) in [5.74, 6) is 0.0313. The zero-order valence-electron chi connectivity index (χ0n) is 15.5. The summed E-state index contributed by atoms with van der Waals surface area (Å²) in [7, 11) is 1.27. The standard InChI is InChI=1S/C21H20O6S/c1-13-8-9-18(26-13)16(11-19(23)25-2)21-20(24)17(22)10-14(27-21)12-28-15-6-4-3-5-7-15/h3-10,16,24H,11-12H2,1-2H3/t16-/m1/s1. The zero-order valence-corrected chi connectivity index (χ0v) is 16.3. The summed E-state index contributed by atoms with van der Waals surface area (Å²) in [6.45, 7) is 1.77. The third-order valence-corrected chi connectivity index (χ3v) is 5.18. The highest BCUT2D eigenvalue weighted by Gasteiger charge is 2.29. The van der Waals surface area contributed by atoms with E-state index in [0.29, 0.717) is 23.0 Å². The Morgan fingerprint density at radius 2 is 1.93 bits per heavy atom. The molecule has 0 aliphatic rings. The van der Waals surface area contributed by atoms with Gasteiger partial charge in [-0.2, -0.15) is 0 Å². The Balaban J connectivity index is 1.95. The summed E-state index contributed by atoms with van der Waals surface area (Å²) < 4.78 is 16.2. The molecule has 146 valence electrons. The van der Waals surface area contributed by atoms with Crippen LogP contribution >= 0.6 is 11.8 Å². The molecule has 0 aliphatic heterocycles. The van der Waals surface area contributed by atoms with Crippen molar-refractivity contribution in [1.82, 2.24) is 0 Å². The Hall–Kier alpha value is -2.93. The lowest BCUT2D eigenvalue weighted by molar-refractivity contribution is -0.141. The molecule has 0 saturated carbocycles. The monoisotopic (exact) mass is 400 g/mol. The quantitative estimate of drug-likeness (QED) is 0.469. The van der Waals surface area contributed by atoms with Crippen LogP contribution in [0.1, 0.15) is 35.4 Å². The number of carbonyl (C=O) groups excluding carboxylic acids is 1. The van der Waals surface area contributed by atoms with Gasteiger partial charge in [0, 0.05) is 11.0 Å². The van der Waals surface area contributed by atoms with Gasteiger partial charge in [-0.3, -0.25) is 9.59 Å². The average Bonchev–Trinajstić information content (AvgIpc) is 3.13. The first kappa shape index (κ1) is 19.8. The summed E-state index contributed by atoms with van der Waals surface area (Å²) in [6.07, 6.45) is -0.130.